The largest absolute Gasteiger partial charge is 0.480 e. The van der Waals surface area contributed by atoms with E-state index in [9.17, 15) is 14.4 Å². The van der Waals surface area contributed by atoms with Crippen molar-refractivity contribution in [2.75, 3.05) is 39.6 Å². The zero-order valence-electron chi connectivity index (χ0n) is 11.5. The molecule has 1 aliphatic heterocycles. The van der Waals surface area contributed by atoms with Gasteiger partial charge < -0.3 is 29.3 Å². The highest BCUT2D eigenvalue weighted by atomic mass is 31.2. The van der Waals surface area contributed by atoms with Crippen molar-refractivity contribution in [3.05, 3.63) is 0 Å². The van der Waals surface area contributed by atoms with Crippen LogP contribution in [0.2, 0.25) is 0 Å². The molecule has 11 nitrogen and oxygen atoms in total. The standard InChI is InChI=1S/C10H17N2O9P/c13-6-11-1-2-19-5-8(11)3-12(4-9(14)15)10(16)20-7-21-22(17)18/h6,8,17-18H,1-5,7H2,(H,14,15). The van der Waals surface area contributed by atoms with E-state index in [1.165, 1.54) is 4.90 Å². The molecule has 2 amide bonds. The highest BCUT2D eigenvalue weighted by Crippen LogP contribution is 2.23. The monoisotopic (exact) mass is 340 g/mol. The van der Waals surface area contributed by atoms with E-state index in [0.29, 0.717) is 19.6 Å². The summed E-state index contributed by atoms with van der Waals surface area (Å²) in [6.45, 7) is -0.606. The van der Waals surface area contributed by atoms with E-state index < -0.39 is 40.0 Å². The molecule has 3 N–H and O–H groups in total. The molecule has 0 aromatic heterocycles. The Morgan fingerprint density at radius 1 is 1.45 bits per heavy atom. The van der Waals surface area contributed by atoms with Gasteiger partial charge >= 0.3 is 20.7 Å². The number of morpholine rings is 1. The van der Waals surface area contributed by atoms with Crippen LogP contribution in [0.3, 0.4) is 0 Å². The second kappa shape index (κ2) is 9.49. The fourth-order valence-corrected chi connectivity index (χ4v) is 1.95. The third kappa shape index (κ3) is 6.50. The number of ether oxygens (including phenoxy) is 2. The van der Waals surface area contributed by atoms with Crippen LogP contribution in [0.25, 0.3) is 0 Å². The van der Waals surface area contributed by atoms with E-state index >= 15 is 0 Å². The van der Waals surface area contributed by atoms with Crippen molar-refractivity contribution in [3.63, 3.8) is 0 Å². The minimum atomic E-state index is -2.68. The number of carbonyl (C=O) groups is 3. The molecule has 0 saturated carbocycles. The zero-order valence-corrected chi connectivity index (χ0v) is 12.4. The number of amides is 2. The van der Waals surface area contributed by atoms with Gasteiger partial charge in [-0.2, -0.15) is 0 Å². The number of aliphatic carboxylic acids is 1. The second-order valence-corrected chi connectivity index (χ2v) is 5.02. The van der Waals surface area contributed by atoms with Crippen LogP contribution < -0.4 is 0 Å². The summed E-state index contributed by atoms with van der Waals surface area (Å²) < 4.78 is 14.0. The number of carbonyl (C=O) groups excluding carboxylic acids is 2. The molecule has 0 spiro atoms. The molecule has 0 aliphatic carbocycles. The molecule has 1 aliphatic rings. The smallest absolute Gasteiger partial charge is 0.412 e. The number of carboxylic acid groups (broad SMARTS) is 1. The Balaban J connectivity index is 2.60. The van der Waals surface area contributed by atoms with Crippen molar-refractivity contribution in [2.24, 2.45) is 0 Å². The Morgan fingerprint density at radius 2 is 2.18 bits per heavy atom. The first-order chi connectivity index (χ1) is 10.4. The fourth-order valence-electron chi connectivity index (χ4n) is 1.80. The third-order valence-corrected chi connectivity index (χ3v) is 3.11. The topological polar surface area (TPSA) is 146 Å². The van der Waals surface area contributed by atoms with Gasteiger partial charge in [0.05, 0.1) is 19.3 Å². The Bertz CT molecular complexity index is 395. The van der Waals surface area contributed by atoms with E-state index in [1.807, 2.05) is 0 Å². The molecule has 1 atom stereocenters. The molecule has 0 aromatic carbocycles. The molecule has 1 fully saturated rings. The maximum absolute atomic E-state index is 11.8. The summed E-state index contributed by atoms with van der Waals surface area (Å²) in [4.78, 5) is 52.8. The van der Waals surface area contributed by atoms with Gasteiger partial charge in [-0.05, 0) is 0 Å². The minimum absolute atomic E-state index is 0.100. The lowest BCUT2D eigenvalue weighted by Crippen LogP contribution is -2.52. The first-order valence-electron chi connectivity index (χ1n) is 6.17. The normalized spacial score (nSPS) is 18.1. The zero-order chi connectivity index (χ0) is 16.5. The predicted octanol–water partition coefficient (Wildman–Crippen LogP) is -1.45. The Kier molecular flexibility index (Phi) is 7.99. The molecule has 126 valence electrons. The van der Waals surface area contributed by atoms with Crippen LogP contribution in [0.5, 0.6) is 0 Å². The van der Waals surface area contributed by atoms with E-state index in [2.05, 4.69) is 9.26 Å². The van der Waals surface area contributed by atoms with Gasteiger partial charge in [0.25, 0.3) is 0 Å². The Hall–Kier alpha value is -1.52. The number of hydrogen-bond donors (Lipinski definition) is 3. The van der Waals surface area contributed by atoms with Crippen molar-refractivity contribution in [1.29, 1.82) is 0 Å². The Labute approximate surface area is 127 Å². The summed E-state index contributed by atoms with van der Waals surface area (Å²) in [7, 11) is -2.68. The summed E-state index contributed by atoms with van der Waals surface area (Å²) in [6, 6.07) is -0.494. The lowest BCUT2D eigenvalue weighted by molar-refractivity contribution is -0.138. The van der Waals surface area contributed by atoms with Crippen molar-refractivity contribution in [1.82, 2.24) is 9.80 Å². The van der Waals surface area contributed by atoms with Crippen LogP contribution in [0.1, 0.15) is 0 Å². The van der Waals surface area contributed by atoms with Gasteiger partial charge in [0.1, 0.15) is 6.54 Å². The molecule has 1 saturated heterocycles. The van der Waals surface area contributed by atoms with Crippen molar-refractivity contribution in [3.8, 4) is 0 Å². The van der Waals surface area contributed by atoms with Gasteiger partial charge in [-0.3, -0.25) is 19.0 Å². The molecule has 0 aromatic rings. The van der Waals surface area contributed by atoms with Gasteiger partial charge in [0.15, 0.2) is 0 Å². The van der Waals surface area contributed by atoms with Gasteiger partial charge in [-0.1, -0.05) is 0 Å². The summed E-state index contributed by atoms with van der Waals surface area (Å²) in [6.07, 6.45) is -0.415. The summed E-state index contributed by atoms with van der Waals surface area (Å²) in [5, 5.41) is 8.83. The van der Waals surface area contributed by atoms with Crippen LogP contribution in [-0.2, 0) is 23.6 Å². The number of rotatable bonds is 8. The number of nitrogens with zero attached hydrogens (tertiary/aromatic N) is 2. The van der Waals surface area contributed by atoms with Crippen LogP contribution in [0.4, 0.5) is 4.79 Å². The Morgan fingerprint density at radius 3 is 2.77 bits per heavy atom. The van der Waals surface area contributed by atoms with Crippen LogP contribution in [-0.4, -0.2) is 88.8 Å². The molecule has 0 bridgehead atoms. The number of carboxylic acids is 1. The quantitative estimate of drug-likeness (QED) is 0.274. The molecule has 22 heavy (non-hydrogen) atoms. The van der Waals surface area contributed by atoms with E-state index in [4.69, 9.17) is 19.6 Å². The SMILES string of the molecule is O=CN1CCOCC1CN(CC(=O)O)C(=O)OCOP(O)O. The van der Waals surface area contributed by atoms with Gasteiger partial charge in [0.2, 0.25) is 13.2 Å². The first kappa shape index (κ1) is 18.5. The molecular weight excluding hydrogens is 323 g/mol. The highest BCUT2D eigenvalue weighted by Gasteiger charge is 2.28. The first-order valence-corrected chi connectivity index (χ1v) is 7.33. The van der Waals surface area contributed by atoms with Gasteiger partial charge in [-0.15, -0.1) is 0 Å². The van der Waals surface area contributed by atoms with Gasteiger partial charge in [0, 0.05) is 13.1 Å². The van der Waals surface area contributed by atoms with E-state index in [0.717, 1.165) is 4.90 Å². The van der Waals surface area contributed by atoms with Gasteiger partial charge in [-0.25, -0.2) is 4.79 Å². The molecule has 12 heteroatoms. The van der Waals surface area contributed by atoms with E-state index in [-0.39, 0.29) is 13.2 Å². The molecular formula is C10H17N2O9P. The maximum Gasteiger partial charge on any atom is 0.412 e. The predicted molar refractivity (Wildman–Crippen MR) is 70.4 cm³/mol. The maximum atomic E-state index is 11.8. The van der Waals surface area contributed by atoms with Crippen LogP contribution >= 0.6 is 8.60 Å². The summed E-state index contributed by atoms with van der Waals surface area (Å²) >= 11 is 0. The highest BCUT2D eigenvalue weighted by molar-refractivity contribution is 7.39. The van der Waals surface area contributed by atoms with Crippen LogP contribution in [0.15, 0.2) is 0 Å². The summed E-state index contributed by atoms with van der Waals surface area (Å²) in [5.74, 6) is -1.26. The van der Waals surface area contributed by atoms with E-state index in [1.54, 1.807) is 0 Å². The fraction of sp³-hybridized carbons (Fsp3) is 0.700. The number of hydrogen-bond acceptors (Lipinski definition) is 8. The lowest BCUT2D eigenvalue weighted by atomic mass is 10.2. The summed E-state index contributed by atoms with van der Waals surface area (Å²) in [5.41, 5.74) is 0. The van der Waals surface area contributed by atoms with Crippen molar-refractivity contribution in [2.45, 2.75) is 6.04 Å². The lowest BCUT2D eigenvalue weighted by Gasteiger charge is -2.35. The minimum Gasteiger partial charge on any atom is -0.480 e. The average Bonchev–Trinajstić information content (AvgIpc) is 2.46. The third-order valence-electron chi connectivity index (χ3n) is 2.77. The second-order valence-electron chi connectivity index (χ2n) is 4.26. The molecule has 1 rings (SSSR count). The van der Waals surface area contributed by atoms with Crippen molar-refractivity contribution < 1.29 is 43.3 Å². The average molecular weight is 340 g/mol. The van der Waals surface area contributed by atoms with Crippen molar-refractivity contribution >= 4 is 27.1 Å². The molecule has 1 unspecified atom stereocenters. The molecule has 1 heterocycles. The molecule has 0 radical (unpaired) electrons. The van der Waals surface area contributed by atoms with Crippen LogP contribution in [0, 0.1) is 0 Å².